The van der Waals surface area contributed by atoms with E-state index in [4.69, 9.17) is 9.26 Å². The molecule has 6 heteroatoms. The molecular weight excluding hydrogens is 294 g/mol. The third kappa shape index (κ3) is 3.32. The zero-order valence-electron chi connectivity index (χ0n) is 13.7. The number of methoxy groups -OCH3 is 1. The van der Waals surface area contributed by atoms with E-state index in [1.54, 1.807) is 7.11 Å². The Kier molecular flexibility index (Phi) is 4.26. The van der Waals surface area contributed by atoms with Crippen LogP contribution in [0.3, 0.4) is 0 Å². The van der Waals surface area contributed by atoms with E-state index in [2.05, 4.69) is 15.5 Å². The summed E-state index contributed by atoms with van der Waals surface area (Å²) in [5, 5.41) is 17.5. The van der Waals surface area contributed by atoms with Gasteiger partial charge in [-0.2, -0.15) is 4.98 Å². The highest BCUT2D eigenvalue weighted by atomic mass is 16.5. The maximum absolute atomic E-state index is 10.3. The van der Waals surface area contributed by atoms with Crippen molar-refractivity contribution < 1.29 is 14.4 Å². The molecule has 1 fully saturated rings. The molecule has 1 aromatic heterocycles. The molecule has 23 heavy (non-hydrogen) atoms. The van der Waals surface area contributed by atoms with Gasteiger partial charge in [0.25, 0.3) is 0 Å². The zero-order chi connectivity index (χ0) is 16.4. The first kappa shape index (κ1) is 15.8. The number of hydrogen-bond donors (Lipinski definition) is 2. The van der Waals surface area contributed by atoms with E-state index in [1.807, 2.05) is 38.1 Å². The van der Waals surface area contributed by atoms with Gasteiger partial charge in [-0.3, -0.25) is 0 Å². The topological polar surface area (TPSA) is 80.4 Å². The van der Waals surface area contributed by atoms with Crippen molar-refractivity contribution in [2.24, 2.45) is 11.3 Å². The smallest absolute Gasteiger partial charge is 0.321 e. The Hall–Kier alpha value is -2.08. The lowest BCUT2D eigenvalue weighted by Crippen LogP contribution is -2.33. The van der Waals surface area contributed by atoms with Crippen LogP contribution in [-0.2, 0) is 0 Å². The Labute approximate surface area is 135 Å². The van der Waals surface area contributed by atoms with Crippen LogP contribution in [0.1, 0.15) is 26.7 Å². The SMILES string of the molecule is COc1cccc(-c2noc(NCC3([C@@H](O)C(C)C)CC3)n2)c1. The highest BCUT2D eigenvalue weighted by Gasteiger charge is 2.49. The maximum atomic E-state index is 10.3. The fourth-order valence-corrected chi connectivity index (χ4v) is 2.87. The molecule has 1 aliphatic carbocycles. The number of anilines is 1. The summed E-state index contributed by atoms with van der Waals surface area (Å²) in [5.74, 6) is 1.51. The zero-order valence-corrected chi connectivity index (χ0v) is 13.7. The van der Waals surface area contributed by atoms with Gasteiger partial charge in [-0.1, -0.05) is 31.1 Å². The molecule has 0 amide bonds. The summed E-state index contributed by atoms with van der Waals surface area (Å²) in [4.78, 5) is 4.36. The van der Waals surface area contributed by atoms with Crippen LogP contribution >= 0.6 is 0 Å². The molecule has 6 nitrogen and oxygen atoms in total. The highest BCUT2D eigenvalue weighted by Crippen LogP contribution is 2.50. The van der Waals surface area contributed by atoms with E-state index in [0.717, 1.165) is 24.2 Å². The third-order valence-corrected chi connectivity index (χ3v) is 4.50. The summed E-state index contributed by atoms with van der Waals surface area (Å²) < 4.78 is 10.5. The van der Waals surface area contributed by atoms with E-state index in [-0.39, 0.29) is 17.4 Å². The average Bonchev–Trinajstić information content (AvgIpc) is 3.21. The summed E-state index contributed by atoms with van der Waals surface area (Å²) in [6, 6.07) is 7.90. The first-order valence-electron chi connectivity index (χ1n) is 7.94. The van der Waals surface area contributed by atoms with Gasteiger partial charge >= 0.3 is 6.01 Å². The number of aromatic nitrogens is 2. The van der Waals surface area contributed by atoms with E-state index < -0.39 is 0 Å². The molecule has 1 aromatic carbocycles. The number of aliphatic hydroxyl groups excluding tert-OH is 1. The molecule has 0 bridgehead atoms. The van der Waals surface area contributed by atoms with Crippen LogP contribution in [0.25, 0.3) is 11.4 Å². The fourth-order valence-electron chi connectivity index (χ4n) is 2.87. The van der Waals surface area contributed by atoms with Crippen molar-refractivity contribution in [2.45, 2.75) is 32.8 Å². The van der Waals surface area contributed by atoms with Gasteiger partial charge in [0.15, 0.2) is 0 Å². The summed E-state index contributed by atoms with van der Waals surface area (Å²) in [6.07, 6.45) is 1.74. The van der Waals surface area contributed by atoms with Crippen molar-refractivity contribution in [2.75, 3.05) is 19.0 Å². The van der Waals surface area contributed by atoms with Gasteiger partial charge in [0.2, 0.25) is 5.82 Å². The Morgan fingerprint density at radius 3 is 2.83 bits per heavy atom. The minimum atomic E-state index is -0.309. The van der Waals surface area contributed by atoms with Crippen molar-refractivity contribution in [1.29, 1.82) is 0 Å². The van der Waals surface area contributed by atoms with Crippen molar-refractivity contribution in [3.05, 3.63) is 24.3 Å². The number of nitrogens with one attached hydrogen (secondary N) is 1. The highest BCUT2D eigenvalue weighted by molar-refractivity contribution is 5.57. The summed E-state index contributed by atoms with van der Waals surface area (Å²) in [5.41, 5.74) is 0.781. The van der Waals surface area contributed by atoms with Crippen LogP contribution < -0.4 is 10.1 Å². The number of ether oxygens (including phenoxy) is 1. The van der Waals surface area contributed by atoms with Crippen LogP contribution in [0, 0.1) is 11.3 Å². The molecule has 1 saturated carbocycles. The Balaban J connectivity index is 1.66. The molecule has 0 aliphatic heterocycles. The second-order valence-corrected chi connectivity index (χ2v) is 6.56. The van der Waals surface area contributed by atoms with Crippen LogP contribution in [0.5, 0.6) is 5.75 Å². The Morgan fingerprint density at radius 1 is 1.39 bits per heavy atom. The fraction of sp³-hybridized carbons (Fsp3) is 0.529. The number of aliphatic hydroxyl groups is 1. The van der Waals surface area contributed by atoms with Crippen molar-refractivity contribution in [3.63, 3.8) is 0 Å². The molecular formula is C17H23N3O3. The molecule has 1 aliphatic rings. The summed E-state index contributed by atoms with van der Waals surface area (Å²) in [6.45, 7) is 4.72. The van der Waals surface area contributed by atoms with Crippen molar-refractivity contribution in [3.8, 4) is 17.1 Å². The normalized spacial score (nSPS) is 17.1. The van der Waals surface area contributed by atoms with Crippen molar-refractivity contribution in [1.82, 2.24) is 10.1 Å². The minimum Gasteiger partial charge on any atom is -0.497 e. The van der Waals surface area contributed by atoms with Gasteiger partial charge in [0.05, 0.1) is 13.2 Å². The molecule has 0 spiro atoms. The van der Waals surface area contributed by atoms with Gasteiger partial charge in [0.1, 0.15) is 5.75 Å². The molecule has 2 aromatic rings. The quantitative estimate of drug-likeness (QED) is 0.817. The first-order chi connectivity index (χ1) is 11.0. The number of benzene rings is 1. The summed E-state index contributed by atoms with van der Waals surface area (Å²) in [7, 11) is 1.62. The lowest BCUT2D eigenvalue weighted by atomic mass is 9.90. The molecule has 124 valence electrons. The number of hydrogen-bond acceptors (Lipinski definition) is 6. The van der Waals surface area contributed by atoms with Gasteiger partial charge in [-0.25, -0.2) is 0 Å². The molecule has 1 atom stereocenters. The molecule has 3 rings (SSSR count). The minimum absolute atomic E-state index is 0.0568. The van der Waals surface area contributed by atoms with Gasteiger partial charge in [-0.15, -0.1) is 0 Å². The van der Waals surface area contributed by atoms with Crippen LogP contribution in [-0.4, -0.2) is 35.0 Å². The van der Waals surface area contributed by atoms with Crippen molar-refractivity contribution >= 4 is 6.01 Å². The molecule has 2 N–H and O–H groups in total. The maximum Gasteiger partial charge on any atom is 0.321 e. The van der Waals surface area contributed by atoms with E-state index in [9.17, 15) is 5.11 Å². The molecule has 0 unspecified atom stereocenters. The van der Waals surface area contributed by atoms with E-state index in [0.29, 0.717) is 18.4 Å². The van der Waals surface area contributed by atoms with Crippen LogP contribution in [0.4, 0.5) is 6.01 Å². The largest absolute Gasteiger partial charge is 0.497 e. The number of nitrogens with zero attached hydrogens (tertiary/aromatic N) is 2. The summed E-state index contributed by atoms with van der Waals surface area (Å²) >= 11 is 0. The first-order valence-corrected chi connectivity index (χ1v) is 7.94. The van der Waals surface area contributed by atoms with E-state index >= 15 is 0 Å². The standard InChI is InChI=1S/C17H23N3O3/c1-11(2)14(21)17(7-8-17)10-18-16-19-15(20-23-16)12-5-4-6-13(9-12)22-3/h4-6,9,11,14,21H,7-8,10H2,1-3H3,(H,18,19,20)/t14-/m0/s1. The monoisotopic (exact) mass is 317 g/mol. The predicted molar refractivity (Wildman–Crippen MR) is 87.3 cm³/mol. The van der Waals surface area contributed by atoms with Gasteiger partial charge in [0, 0.05) is 17.5 Å². The van der Waals surface area contributed by atoms with Gasteiger partial charge in [-0.05, 0) is 30.9 Å². The molecule has 0 saturated heterocycles. The lowest BCUT2D eigenvalue weighted by molar-refractivity contribution is 0.0564. The lowest BCUT2D eigenvalue weighted by Gasteiger charge is -2.25. The number of rotatable bonds is 7. The van der Waals surface area contributed by atoms with Gasteiger partial charge < -0.3 is 19.7 Å². The Bertz CT molecular complexity index is 665. The van der Waals surface area contributed by atoms with Crippen LogP contribution in [0.15, 0.2) is 28.8 Å². The second kappa shape index (κ2) is 6.20. The Morgan fingerprint density at radius 2 is 2.17 bits per heavy atom. The van der Waals surface area contributed by atoms with E-state index in [1.165, 1.54) is 0 Å². The molecule has 0 radical (unpaired) electrons. The average molecular weight is 317 g/mol. The second-order valence-electron chi connectivity index (χ2n) is 6.56. The third-order valence-electron chi connectivity index (χ3n) is 4.50. The van der Waals surface area contributed by atoms with Crippen LogP contribution in [0.2, 0.25) is 0 Å². The molecule has 1 heterocycles. The predicted octanol–water partition coefficient (Wildman–Crippen LogP) is 2.95.